The second-order valence-corrected chi connectivity index (χ2v) is 9.62. The molecule has 6 heteroatoms. The number of phenolic OH excluding ortho intramolecular Hbond substituents is 2. The molecule has 1 saturated carbocycles. The van der Waals surface area contributed by atoms with Crippen molar-refractivity contribution in [3.63, 3.8) is 0 Å². The molecular weight excluding hydrogens is 404 g/mol. The van der Waals surface area contributed by atoms with E-state index < -0.39 is 5.41 Å². The number of hydroxylamine groups is 2. The number of carbonyl (C=O) groups excluding carboxylic acids is 1. The molecule has 0 aromatic heterocycles. The van der Waals surface area contributed by atoms with Gasteiger partial charge in [-0.25, -0.2) is 0 Å². The molecule has 0 radical (unpaired) electrons. The van der Waals surface area contributed by atoms with Crippen LogP contribution in [-0.4, -0.2) is 40.3 Å². The summed E-state index contributed by atoms with van der Waals surface area (Å²) in [6.07, 6.45) is 5.62. The zero-order valence-electron chi connectivity index (χ0n) is 19.9. The third-order valence-electron chi connectivity index (χ3n) is 6.23. The smallest absolute Gasteiger partial charge is 0.237 e. The Morgan fingerprint density at radius 2 is 1.91 bits per heavy atom. The molecule has 1 heterocycles. The van der Waals surface area contributed by atoms with Crippen LogP contribution in [0.1, 0.15) is 83.8 Å². The summed E-state index contributed by atoms with van der Waals surface area (Å²) in [4.78, 5) is 18.9. The highest BCUT2D eigenvalue weighted by Gasteiger charge is 2.30. The first-order valence-corrected chi connectivity index (χ1v) is 11.7. The maximum absolute atomic E-state index is 12.9. The SMILES string of the molecule is CCN1CC(C#CC(C)(C)C(=O)NC2CCCCC2)=C(c2cc(C(C)C)c(O)cc2O)O1. The molecule has 3 N–H and O–H groups in total. The van der Waals surface area contributed by atoms with Crippen LogP contribution >= 0.6 is 0 Å². The van der Waals surface area contributed by atoms with Gasteiger partial charge in [-0.3, -0.25) is 4.79 Å². The second kappa shape index (κ2) is 9.87. The highest BCUT2D eigenvalue weighted by molar-refractivity contribution is 5.86. The van der Waals surface area contributed by atoms with Crippen LogP contribution in [0.15, 0.2) is 17.7 Å². The number of rotatable bonds is 5. The predicted octanol–water partition coefficient (Wildman–Crippen LogP) is 4.68. The van der Waals surface area contributed by atoms with Crippen molar-refractivity contribution < 1.29 is 19.8 Å². The molecule has 0 atom stereocenters. The molecule has 1 aliphatic heterocycles. The number of phenols is 2. The number of nitrogens with zero attached hydrogens (tertiary/aromatic N) is 1. The van der Waals surface area contributed by atoms with Crippen LogP contribution in [0.25, 0.3) is 5.76 Å². The van der Waals surface area contributed by atoms with Gasteiger partial charge in [0.1, 0.15) is 16.9 Å². The van der Waals surface area contributed by atoms with Gasteiger partial charge < -0.3 is 20.4 Å². The molecule has 1 aliphatic carbocycles. The zero-order valence-corrected chi connectivity index (χ0v) is 19.9. The summed E-state index contributed by atoms with van der Waals surface area (Å²) in [5, 5.41) is 25.7. The first kappa shape index (κ1) is 24.0. The van der Waals surface area contributed by atoms with Crippen molar-refractivity contribution in [3.05, 3.63) is 28.8 Å². The van der Waals surface area contributed by atoms with E-state index in [0.29, 0.717) is 30.0 Å². The highest BCUT2D eigenvalue weighted by atomic mass is 16.7. The molecule has 1 fully saturated rings. The van der Waals surface area contributed by atoms with Crippen molar-refractivity contribution in [1.29, 1.82) is 0 Å². The average Bonchev–Trinajstić information content (AvgIpc) is 3.16. The second-order valence-electron chi connectivity index (χ2n) is 9.62. The van der Waals surface area contributed by atoms with E-state index in [-0.39, 0.29) is 29.4 Å². The van der Waals surface area contributed by atoms with Crippen LogP contribution < -0.4 is 5.32 Å². The number of likely N-dealkylation sites (N-methyl/N-ethyl adjacent to an activating group) is 1. The molecular formula is C26H36N2O4. The molecule has 3 rings (SSSR count). The first-order chi connectivity index (χ1) is 15.1. The zero-order chi connectivity index (χ0) is 23.5. The van der Waals surface area contributed by atoms with Gasteiger partial charge in [0.2, 0.25) is 5.91 Å². The number of benzene rings is 1. The number of hydrogen-bond acceptors (Lipinski definition) is 5. The van der Waals surface area contributed by atoms with Crippen LogP contribution in [-0.2, 0) is 9.63 Å². The van der Waals surface area contributed by atoms with E-state index in [4.69, 9.17) is 4.84 Å². The van der Waals surface area contributed by atoms with Crippen LogP contribution in [0.5, 0.6) is 11.5 Å². The lowest BCUT2D eigenvalue weighted by Gasteiger charge is -2.26. The van der Waals surface area contributed by atoms with Gasteiger partial charge in [0.15, 0.2) is 5.76 Å². The molecule has 0 spiro atoms. The van der Waals surface area contributed by atoms with Crippen LogP contribution in [0.2, 0.25) is 0 Å². The Kier molecular flexibility index (Phi) is 7.40. The largest absolute Gasteiger partial charge is 0.508 e. The van der Waals surface area contributed by atoms with E-state index >= 15 is 0 Å². The highest BCUT2D eigenvalue weighted by Crippen LogP contribution is 2.39. The molecule has 32 heavy (non-hydrogen) atoms. The molecule has 0 bridgehead atoms. The van der Waals surface area contributed by atoms with E-state index in [9.17, 15) is 15.0 Å². The van der Waals surface area contributed by atoms with E-state index in [1.54, 1.807) is 11.1 Å². The minimum absolute atomic E-state index is 0.0557. The van der Waals surface area contributed by atoms with Gasteiger partial charge in [-0.05, 0) is 51.2 Å². The van der Waals surface area contributed by atoms with Crippen molar-refractivity contribution in [3.8, 4) is 23.3 Å². The lowest BCUT2D eigenvalue weighted by atomic mass is 9.90. The van der Waals surface area contributed by atoms with Gasteiger partial charge >= 0.3 is 0 Å². The van der Waals surface area contributed by atoms with Gasteiger partial charge in [0.05, 0.1) is 17.7 Å². The Bertz CT molecular complexity index is 947. The Morgan fingerprint density at radius 3 is 2.53 bits per heavy atom. The standard InChI is InChI=1S/C26H36N2O4/c1-6-28-16-18(12-13-26(4,5)25(31)27-19-10-8-7-9-11-19)24(32-28)21-14-20(17(2)3)22(29)15-23(21)30/h14-15,17,19,29-30H,6-11,16H2,1-5H3,(H,27,31). The monoisotopic (exact) mass is 440 g/mol. The maximum atomic E-state index is 12.9. The first-order valence-electron chi connectivity index (χ1n) is 11.7. The minimum atomic E-state index is -0.852. The van der Waals surface area contributed by atoms with E-state index in [1.807, 2.05) is 34.6 Å². The summed E-state index contributed by atoms with van der Waals surface area (Å²) >= 11 is 0. The van der Waals surface area contributed by atoms with Crippen LogP contribution in [0.4, 0.5) is 0 Å². The lowest BCUT2D eigenvalue weighted by Crippen LogP contribution is -2.43. The molecule has 0 unspecified atom stereocenters. The Morgan fingerprint density at radius 1 is 1.22 bits per heavy atom. The van der Waals surface area contributed by atoms with Gasteiger partial charge in [0.25, 0.3) is 0 Å². The molecule has 0 saturated heterocycles. The van der Waals surface area contributed by atoms with Crippen molar-refractivity contribution in [2.24, 2.45) is 5.41 Å². The fourth-order valence-electron chi connectivity index (χ4n) is 4.09. The fourth-order valence-corrected chi connectivity index (χ4v) is 4.09. The summed E-state index contributed by atoms with van der Waals surface area (Å²) in [6, 6.07) is 3.34. The molecule has 6 nitrogen and oxygen atoms in total. The third-order valence-corrected chi connectivity index (χ3v) is 6.23. The summed E-state index contributed by atoms with van der Waals surface area (Å²) in [7, 11) is 0. The molecule has 1 aromatic carbocycles. The van der Waals surface area contributed by atoms with Crippen molar-refractivity contribution in [2.75, 3.05) is 13.1 Å². The van der Waals surface area contributed by atoms with E-state index in [2.05, 4.69) is 17.2 Å². The third kappa shape index (κ3) is 5.39. The Hall–Kier alpha value is -2.65. The summed E-state index contributed by atoms with van der Waals surface area (Å²) in [5.41, 5.74) is 1.08. The topological polar surface area (TPSA) is 82.0 Å². The normalized spacial score (nSPS) is 17.8. The molecule has 2 aliphatic rings. The van der Waals surface area contributed by atoms with Crippen LogP contribution in [0.3, 0.4) is 0 Å². The lowest BCUT2D eigenvalue weighted by molar-refractivity contribution is -0.127. The summed E-state index contributed by atoms with van der Waals surface area (Å²) in [5.74, 6) is 6.81. The van der Waals surface area contributed by atoms with Crippen molar-refractivity contribution in [1.82, 2.24) is 10.4 Å². The number of hydrogen-bond donors (Lipinski definition) is 3. The minimum Gasteiger partial charge on any atom is -0.508 e. The number of carbonyl (C=O) groups is 1. The van der Waals surface area contributed by atoms with Crippen molar-refractivity contribution >= 4 is 11.7 Å². The molecule has 1 amide bonds. The Labute approximate surface area is 191 Å². The maximum Gasteiger partial charge on any atom is 0.237 e. The van der Waals surface area contributed by atoms with Crippen molar-refractivity contribution in [2.45, 2.75) is 78.7 Å². The number of aromatic hydroxyl groups is 2. The van der Waals surface area contributed by atoms with Gasteiger partial charge in [-0.2, -0.15) is 0 Å². The molecule has 1 aromatic rings. The summed E-state index contributed by atoms with van der Waals surface area (Å²) in [6.45, 7) is 10.7. The van der Waals surface area contributed by atoms with Gasteiger partial charge in [-0.1, -0.05) is 45.0 Å². The average molecular weight is 441 g/mol. The predicted molar refractivity (Wildman–Crippen MR) is 126 cm³/mol. The van der Waals surface area contributed by atoms with E-state index in [1.165, 1.54) is 12.5 Å². The fraction of sp³-hybridized carbons (Fsp3) is 0.577. The van der Waals surface area contributed by atoms with Gasteiger partial charge in [0, 0.05) is 18.7 Å². The van der Waals surface area contributed by atoms with E-state index in [0.717, 1.165) is 31.2 Å². The quantitative estimate of drug-likeness (QED) is 0.579. The molecule has 174 valence electrons. The number of amides is 1. The van der Waals surface area contributed by atoms with Gasteiger partial charge in [-0.15, -0.1) is 5.06 Å². The Balaban J connectivity index is 1.91. The van der Waals surface area contributed by atoms with Crippen LogP contribution in [0, 0.1) is 17.3 Å². The summed E-state index contributed by atoms with van der Waals surface area (Å²) < 4.78 is 0. The number of nitrogens with one attached hydrogen (secondary N) is 1.